The summed E-state index contributed by atoms with van der Waals surface area (Å²) in [6, 6.07) is 8.32. The molecule has 23 heavy (non-hydrogen) atoms. The molecule has 0 bridgehead atoms. The van der Waals surface area contributed by atoms with Gasteiger partial charge in [0, 0.05) is 35.8 Å². The van der Waals surface area contributed by atoms with Crippen molar-refractivity contribution in [2.75, 3.05) is 13.1 Å². The van der Waals surface area contributed by atoms with Gasteiger partial charge in [0.2, 0.25) is 0 Å². The van der Waals surface area contributed by atoms with Crippen molar-refractivity contribution in [1.29, 1.82) is 0 Å². The number of hydrogen-bond acceptors (Lipinski definition) is 3. The molecule has 124 valence electrons. The van der Waals surface area contributed by atoms with E-state index in [1.165, 1.54) is 0 Å². The van der Waals surface area contributed by atoms with Crippen LogP contribution in [0.25, 0.3) is 5.69 Å². The fourth-order valence-electron chi connectivity index (χ4n) is 2.68. The summed E-state index contributed by atoms with van der Waals surface area (Å²) < 4.78 is 2.75. The number of nitrogens with one attached hydrogen (secondary N) is 1. The van der Waals surface area contributed by atoms with Gasteiger partial charge in [0.1, 0.15) is 0 Å². The molecule has 1 saturated heterocycles. The van der Waals surface area contributed by atoms with Crippen molar-refractivity contribution in [1.82, 2.24) is 20.0 Å². The maximum absolute atomic E-state index is 12.7. The van der Waals surface area contributed by atoms with Gasteiger partial charge in [-0.15, -0.1) is 12.4 Å². The predicted molar refractivity (Wildman–Crippen MR) is 96.5 cm³/mol. The minimum atomic E-state index is 0. The third kappa shape index (κ3) is 3.76. The maximum Gasteiger partial charge on any atom is 0.257 e. The van der Waals surface area contributed by atoms with E-state index in [9.17, 15) is 4.79 Å². The summed E-state index contributed by atoms with van der Waals surface area (Å²) in [5.74, 6) is 0.0456. The number of amides is 1. The maximum atomic E-state index is 12.7. The number of nitrogens with zero attached hydrogens (tertiary/aromatic N) is 3. The van der Waals surface area contributed by atoms with Gasteiger partial charge in [0.25, 0.3) is 5.91 Å². The second kappa shape index (κ2) is 7.47. The summed E-state index contributed by atoms with van der Waals surface area (Å²) in [6.45, 7) is 5.75. The van der Waals surface area contributed by atoms with Gasteiger partial charge in [-0.25, -0.2) is 4.68 Å². The number of aromatic nitrogens is 2. The summed E-state index contributed by atoms with van der Waals surface area (Å²) >= 11 is 3.41. The first-order valence-corrected chi connectivity index (χ1v) is 8.20. The molecular formula is C16H20BrClN4O. The van der Waals surface area contributed by atoms with Gasteiger partial charge in [-0.05, 0) is 38.1 Å². The molecule has 1 aliphatic rings. The Labute approximate surface area is 150 Å². The van der Waals surface area contributed by atoms with Crippen LogP contribution in [-0.2, 0) is 0 Å². The second-order valence-electron chi connectivity index (χ2n) is 5.63. The van der Waals surface area contributed by atoms with E-state index in [4.69, 9.17) is 0 Å². The molecule has 1 amide bonds. The van der Waals surface area contributed by atoms with E-state index in [1.54, 1.807) is 17.1 Å². The van der Waals surface area contributed by atoms with Crippen LogP contribution in [0, 0.1) is 0 Å². The van der Waals surface area contributed by atoms with Gasteiger partial charge in [-0.1, -0.05) is 15.9 Å². The Morgan fingerprint density at radius 1 is 1.30 bits per heavy atom. The van der Waals surface area contributed by atoms with Crippen LogP contribution >= 0.6 is 28.3 Å². The minimum Gasteiger partial charge on any atom is -0.333 e. The molecule has 0 aliphatic carbocycles. The van der Waals surface area contributed by atoms with Crippen LogP contribution in [-0.4, -0.2) is 45.8 Å². The van der Waals surface area contributed by atoms with E-state index < -0.39 is 0 Å². The summed E-state index contributed by atoms with van der Waals surface area (Å²) in [5, 5.41) is 7.70. The molecule has 1 aromatic carbocycles. The Balaban J connectivity index is 0.00000192. The molecule has 0 spiro atoms. The van der Waals surface area contributed by atoms with Crippen LogP contribution < -0.4 is 5.32 Å². The molecule has 7 heteroatoms. The van der Waals surface area contributed by atoms with Crippen molar-refractivity contribution in [3.05, 3.63) is 46.7 Å². The van der Waals surface area contributed by atoms with Gasteiger partial charge >= 0.3 is 0 Å². The average molecular weight is 400 g/mol. The zero-order valence-electron chi connectivity index (χ0n) is 13.1. The van der Waals surface area contributed by atoms with Crippen LogP contribution in [0.1, 0.15) is 24.2 Å². The molecule has 2 aromatic rings. The Morgan fingerprint density at radius 3 is 2.70 bits per heavy atom. The number of carbonyl (C=O) groups is 1. The molecule has 3 rings (SSSR count). The van der Waals surface area contributed by atoms with Gasteiger partial charge < -0.3 is 10.2 Å². The van der Waals surface area contributed by atoms with E-state index in [0.29, 0.717) is 11.6 Å². The molecule has 2 unspecified atom stereocenters. The molecule has 0 radical (unpaired) electrons. The highest BCUT2D eigenvalue weighted by molar-refractivity contribution is 9.10. The molecular weight excluding hydrogens is 380 g/mol. The number of benzene rings is 1. The third-order valence-electron chi connectivity index (χ3n) is 4.22. The summed E-state index contributed by atoms with van der Waals surface area (Å²) in [4.78, 5) is 14.6. The standard InChI is InChI=1S/C16H19BrN4O.ClH/c1-11-12(2)20(8-7-18-11)16(22)13-9-19-21(10-13)15-5-3-14(17)4-6-15;/h3-6,9-12,18H,7-8H2,1-2H3;1H. The molecule has 2 atom stereocenters. The molecule has 1 fully saturated rings. The smallest absolute Gasteiger partial charge is 0.257 e. The van der Waals surface area contributed by atoms with E-state index >= 15 is 0 Å². The second-order valence-corrected chi connectivity index (χ2v) is 6.55. The van der Waals surface area contributed by atoms with Crippen molar-refractivity contribution < 1.29 is 4.79 Å². The van der Waals surface area contributed by atoms with Crippen LogP contribution in [0.15, 0.2) is 41.1 Å². The fraction of sp³-hybridized carbons (Fsp3) is 0.375. The van der Waals surface area contributed by atoms with Crippen LogP contribution in [0.2, 0.25) is 0 Å². The Kier molecular flexibility index (Phi) is 5.84. The lowest BCUT2D eigenvalue weighted by Crippen LogP contribution is -2.57. The van der Waals surface area contributed by atoms with Gasteiger partial charge in [0.15, 0.2) is 0 Å². The molecule has 1 aromatic heterocycles. The number of hydrogen-bond donors (Lipinski definition) is 1. The molecule has 1 N–H and O–H groups in total. The number of rotatable bonds is 2. The summed E-state index contributed by atoms with van der Waals surface area (Å²) in [5.41, 5.74) is 1.56. The Morgan fingerprint density at radius 2 is 2.00 bits per heavy atom. The molecule has 1 aliphatic heterocycles. The first-order valence-electron chi connectivity index (χ1n) is 7.41. The highest BCUT2D eigenvalue weighted by atomic mass is 79.9. The third-order valence-corrected chi connectivity index (χ3v) is 4.74. The largest absolute Gasteiger partial charge is 0.333 e. The molecule has 2 heterocycles. The first-order chi connectivity index (χ1) is 10.6. The number of carbonyl (C=O) groups excluding carboxylic acids is 1. The zero-order chi connectivity index (χ0) is 15.7. The van der Waals surface area contributed by atoms with Gasteiger partial charge in [0.05, 0.1) is 17.4 Å². The Bertz CT molecular complexity index is 673. The predicted octanol–water partition coefficient (Wildman–Crippen LogP) is 2.88. The van der Waals surface area contributed by atoms with Crippen LogP contribution in [0.4, 0.5) is 0 Å². The Hall–Kier alpha value is -1.37. The van der Waals surface area contributed by atoms with Crippen molar-refractivity contribution in [2.45, 2.75) is 25.9 Å². The highest BCUT2D eigenvalue weighted by Gasteiger charge is 2.29. The van der Waals surface area contributed by atoms with E-state index in [-0.39, 0.29) is 24.4 Å². The van der Waals surface area contributed by atoms with Gasteiger partial charge in [-0.2, -0.15) is 5.10 Å². The number of piperazine rings is 1. The lowest BCUT2D eigenvalue weighted by atomic mass is 10.1. The van der Waals surface area contributed by atoms with Gasteiger partial charge in [-0.3, -0.25) is 4.79 Å². The van der Waals surface area contributed by atoms with E-state index in [0.717, 1.165) is 23.2 Å². The van der Waals surface area contributed by atoms with E-state index in [1.807, 2.05) is 29.2 Å². The summed E-state index contributed by atoms with van der Waals surface area (Å²) in [7, 11) is 0. The summed E-state index contributed by atoms with van der Waals surface area (Å²) in [6.07, 6.45) is 3.44. The minimum absolute atomic E-state index is 0. The first kappa shape index (κ1) is 18.0. The normalized spacial score (nSPS) is 20.9. The lowest BCUT2D eigenvalue weighted by Gasteiger charge is -2.38. The zero-order valence-corrected chi connectivity index (χ0v) is 15.5. The fourth-order valence-corrected chi connectivity index (χ4v) is 2.94. The quantitative estimate of drug-likeness (QED) is 0.845. The van der Waals surface area contributed by atoms with Crippen LogP contribution in [0.3, 0.4) is 0 Å². The van der Waals surface area contributed by atoms with Crippen molar-refractivity contribution >= 4 is 34.2 Å². The lowest BCUT2D eigenvalue weighted by molar-refractivity contribution is 0.0603. The van der Waals surface area contributed by atoms with Crippen molar-refractivity contribution in [2.24, 2.45) is 0 Å². The SMILES string of the molecule is CC1NCCN(C(=O)c2cnn(-c3ccc(Br)cc3)c2)C1C.Cl. The topological polar surface area (TPSA) is 50.2 Å². The van der Waals surface area contributed by atoms with Crippen LogP contribution in [0.5, 0.6) is 0 Å². The number of halogens is 2. The van der Waals surface area contributed by atoms with E-state index in [2.05, 4.69) is 40.2 Å². The highest BCUT2D eigenvalue weighted by Crippen LogP contribution is 2.17. The molecule has 5 nitrogen and oxygen atoms in total. The monoisotopic (exact) mass is 398 g/mol. The molecule has 0 saturated carbocycles. The van der Waals surface area contributed by atoms with Crippen molar-refractivity contribution in [3.8, 4) is 5.69 Å². The van der Waals surface area contributed by atoms with Crippen molar-refractivity contribution in [3.63, 3.8) is 0 Å². The average Bonchev–Trinajstić information content (AvgIpc) is 3.00.